The van der Waals surface area contributed by atoms with Crippen molar-refractivity contribution >= 4 is 16.4 Å². The van der Waals surface area contributed by atoms with Gasteiger partial charge in [0.1, 0.15) is 5.75 Å². The average molecular weight is 469 g/mol. The molecule has 4 aromatic rings. The number of nitrogen functional groups attached to an aromatic ring is 1. The number of hydrogen-bond acceptors (Lipinski definition) is 10. The van der Waals surface area contributed by atoms with Crippen molar-refractivity contribution in [1.29, 1.82) is 0 Å². The topological polar surface area (TPSA) is 155 Å². The van der Waals surface area contributed by atoms with Crippen LogP contribution < -0.4 is 5.73 Å². The van der Waals surface area contributed by atoms with E-state index in [1.165, 1.54) is 18.3 Å². The zero-order valence-corrected chi connectivity index (χ0v) is 18.9. The van der Waals surface area contributed by atoms with Gasteiger partial charge in [0.25, 0.3) is 5.89 Å². The smallest absolute Gasteiger partial charge is 0.270 e. The molecule has 0 radical (unpaired) electrons. The molecular weight excluding hydrogens is 444 g/mol. The summed E-state index contributed by atoms with van der Waals surface area (Å²) in [5.74, 6) is 0.884. The van der Waals surface area contributed by atoms with E-state index in [0.717, 1.165) is 0 Å². The lowest BCUT2D eigenvalue weighted by Crippen LogP contribution is -2.20. The van der Waals surface area contributed by atoms with Crippen LogP contribution in [0.1, 0.15) is 0 Å². The highest BCUT2D eigenvalue weighted by atomic mass is 32.3. The molecule has 0 amide bonds. The second-order valence-corrected chi connectivity index (χ2v) is 9.86. The number of hydrogen-bond donors (Lipinski definition) is 4. The zero-order chi connectivity index (χ0) is 23.6. The molecule has 5 N–H and O–H groups in total. The molecule has 0 unspecified atom stereocenters. The highest BCUT2D eigenvalue weighted by Gasteiger charge is 2.18. The first kappa shape index (κ1) is 22.7. The maximum absolute atomic E-state index is 10.5. The number of aromatic nitrogens is 4. The average Bonchev–Trinajstić information content (AvgIpc) is 3.29. The summed E-state index contributed by atoms with van der Waals surface area (Å²) >= 11 is 0. The van der Waals surface area contributed by atoms with Crippen LogP contribution in [0.5, 0.6) is 5.75 Å². The van der Waals surface area contributed by atoms with Gasteiger partial charge in [-0.05, 0) is 50.5 Å². The lowest BCUT2D eigenvalue weighted by Gasteiger charge is -2.33. The van der Waals surface area contributed by atoms with E-state index in [0.29, 0.717) is 28.3 Å². The van der Waals surface area contributed by atoms with Gasteiger partial charge < -0.3 is 20.2 Å². The van der Waals surface area contributed by atoms with Crippen molar-refractivity contribution < 1.29 is 18.6 Å². The van der Waals surface area contributed by atoms with E-state index in [1.807, 2.05) is 19.0 Å². The van der Waals surface area contributed by atoms with Crippen LogP contribution in [0, 0.1) is 0 Å². The van der Waals surface area contributed by atoms with Gasteiger partial charge in [0.2, 0.25) is 5.89 Å². The standard InChI is InChI=1S/C22H24N6O4S/c1-28(2)11-12-33(30,31)17-9-5-14(6-10-17)18-13-24-20(23)19(25-18)22-27-26-21(32-22)15-3-7-16(29)8-4-15/h3-10,13,29-31H,11-12H2,1-2H3,(H2,23,24). The molecule has 11 heteroatoms. The van der Waals surface area contributed by atoms with Gasteiger partial charge in [0.15, 0.2) is 11.5 Å². The summed E-state index contributed by atoms with van der Waals surface area (Å²) in [4.78, 5) is 11.1. The minimum Gasteiger partial charge on any atom is -0.508 e. The van der Waals surface area contributed by atoms with Crippen molar-refractivity contribution in [2.75, 3.05) is 32.1 Å². The number of benzene rings is 2. The van der Waals surface area contributed by atoms with Crippen LogP contribution >= 0.6 is 10.6 Å². The van der Waals surface area contributed by atoms with Gasteiger partial charge in [-0.25, -0.2) is 9.97 Å². The van der Waals surface area contributed by atoms with Gasteiger partial charge in [-0.2, -0.15) is 10.6 Å². The maximum Gasteiger partial charge on any atom is 0.270 e. The Balaban J connectivity index is 1.60. The Morgan fingerprint density at radius 3 is 2.24 bits per heavy atom. The van der Waals surface area contributed by atoms with Gasteiger partial charge in [0, 0.05) is 17.7 Å². The van der Waals surface area contributed by atoms with Gasteiger partial charge in [-0.3, -0.25) is 9.11 Å². The summed E-state index contributed by atoms with van der Waals surface area (Å²) < 4.78 is 26.7. The quantitative estimate of drug-likeness (QED) is 0.314. The fraction of sp³-hybridized carbons (Fsp3) is 0.182. The normalized spacial score (nSPS) is 12.3. The highest BCUT2D eigenvalue weighted by molar-refractivity contribution is 8.24. The van der Waals surface area contributed by atoms with Gasteiger partial charge >= 0.3 is 0 Å². The van der Waals surface area contributed by atoms with E-state index >= 15 is 0 Å². The molecule has 172 valence electrons. The maximum atomic E-state index is 10.5. The van der Waals surface area contributed by atoms with E-state index < -0.39 is 10.6 Å². The van der Waals surface area contributed by atoms with Crippen LogP contribution in [0.15, 0.2) is 64.0 Å². The third kappa shape index (κ3) is 5.12. The van der Waals surface area contributed by atoms with Crippen molar-refractivity contribution in [3.63, 3.8) is 0 Å². The number of nitrogens with two attached hydrogens (primary N) is 1. The summed E-state index contributed by atoms with van der Waals surface area (Å²) in [6.45, 7) is 0.563. The Labute approximate surface area is 192 Å². The van der Waals surface area contributed by atoms with E-state index in [1.54, 1.807) is 36.4 Å². The first-order chi connectivity index (χ1) is 15.7. The van der Waals surface area contributed by atoms with Crippen molar-refractivity contribution in [3.05, 3.63) is 54.7 Å². The number of nitrogens with zero attached hydrogens (tertiary/aromatic N) is 5. The van der Waals surface area contributed by atoms with E-state index in [2.05, 4.69) is 20.2 Å². The third-order valence-corrected chi connectivity index (χ3v) is 6.67. The zero-order valence-electron chi connectivity index (χ0n) is 18.1. The Kier molecular flexibility index (Phi) is 6.29. The monoisotopic (exact) mass is 468 g/mol. The van der Waals surface area contributed by atoms with Crippen molar-refractivity contribution in [2.45, 2.75) is 4.90 Å². The largest absolute Gasteiger partial charge is 0.508 e. The van der Waals surface area contributed by atoms with Crippen LogP contribution in [0.4, 0.5) is 5.82 Å². The van der Waals surface area contributed by atoms with Gasteiger partial charge in [-0.1, -0.05) is 12.1 Å². The molecule has 0 saturated carbocycles. The number of anilines is 1. The number of aromatic hydroxyl groups is 1. The van der Waals surface area contributed by atoms with E-state index in [-0.39, 0.29) is 34.8 Å². The Bertz CT molecular complexity index is 1240. The molecule has 0 spiro atoms. The van der Waals surface area contributed by atoms with E-state index in [9.17, 15) is 14.2 Å². The minimum absolute atomic E-state index is 0.111. The number of phenols is 1. The molecule has 0 saturated heterocycles. The van der Waals surface area contributed by atoms with E-state index in [4.69, 9.17) is 10.2 Å². The molecule has 2 aromatic heterocycles. The lowest BCUT2D eigenvalue weighted by molar-refractivity contribution is 0.417. The molecule has 0 aliphatic heterocycles. The summed E-state index contributed by atoms with van der Waals surface area (Å²) in [6.07, 6.45) is 1.52. The molecule has 0 aliphatic carbocycles. The summed E-state index contributed by atoms with van der Waals surface area (Å²) in [6, 6.07) is 13.2. The van der Waals surface area contributed by atoms with Crippen LogP contribution in [0.25, 0.3) is 34.3 Å². The Morgan fingerprint density at radius 1 is 0.939 bits per heavy atom. The Hall–Kier alpha value is -3.51. The fourth-order valence-electron chi connectivity index (χ4n) is 3.01. The Morgan fingerprint density at radius 2 is 1.58 bits per heavy atom. The van der Waals surface area contributed by atoms with Crippen LogP contribution in [0.2, 0.25) is 0 Å². The molecular formula is C22H24N6O4S. The lowest BCUT2D eigenvalue weighted by atomic mass is 10.1. The third-order valence-electron chi connectivity index (χ3n) is 4.89. The minimum atomic E-state index is -2.89. The SMILES string of the molecule is CN(C)CCS(O)(O)c1ccc(-c2cnc(N)c(-c3nnc(-c4ccc(O)cc4)o3)n2)cc1. The number of rotatable bonds is 7. The highest BCUT2D eigenvalue weighted by Crippen LogP contribution is 2.48. The van der Waals surface area contributed by atoms with Crippen molar-refractivity contribution in [3.8, 4) is 40.0 Å². The molecule has 2 aromatic carbocycles. The molecule has 0 bridgehead atoms. The molecule has 10 nitrogen and oxygen atoms in total. The summed E-state index contributed by atoms with van der Waals surface area (Å²) in [5.41, 5.74) is 8.11. The van der Waals surface area contributed by atoms with Crippen molar-refractivity contribution in [1.82, 2.24) is 25.1 Å². The second kappa shape index (κ2) is 9.16. The first-order valence-corrected chi connectivity index (χ1v) is 11.7. The first-order valence-electron chi connectivity index (χ1n) is 10.00. The van der Waals surface area contributed by atoms with Crippen molar-refractivity contribution in [2.24, 2.45) is 0 Å². The molecule has 0 aliphatic rings. The fourth-order valence-corrected chi connectivity index (χ4v) is 4.43. The second-order valence-electron chi connectivity index (χ2n) is 7.65. The predicted octanol–water partition coefficient (Wildman–Crippen LogP) is 3.82. The van der Waals surface area contributed by atoms with Gasteiger partial charge in [0.05, 0.1) is 22.5 Å². The summed E-state index contributed by atoms with van der Waals surface area (Å²) in [5, 5.41) is 17.5. The molecule has 33 heavy (non-hydrogen) atoms. The predicted molar refractivity (Wildman–Crippen MR) is 127 cm³/mol. The van der Waals surface area contributed by atoms with Crippen LogP contribution in [-0.2, 0) is 0 Å². The molecule has 0 fully saturated rings. The summed E-state index contributed by atoms with van der Waals surface area (Å²) in [7, 11) is 0.879. The van der Waals surface area contributed by atoms with Gasteiger partial charge in [-0.15, -0.1) is 10.2 Å². The molecule has 2 heterocycles. The van der Waals surface area contributed by atoms with Crippen LogP contribution in [-0.4, -0.2) is 65.7 Å². The molecule has 0 atom stereocenters. The number of phenolic OH excluding ortho intramolecular Hbond substituents is 1. The molecule has 4 rings (SSSR count). The van der Waals surface area contributed by atoms with Crippen LogP contribution in [0.3, 0.4) is 0 Å².